The summed E-state index contributed by atoms with van der Waals surface area (Å²) in [4.78, 5) is 0. The fraction of sp³-hybridized carbons (Fsp3) is 0.347. The molecule has 0 amide bonds. The number of rotatable bonds is 17. The van der Waals surface area contributed by atoms with Gasteiger partial charge < -0.3 is 42.6 Å². The molecule has 1 unspecified atom stereocenters. The van der Waals surface area contributed by atoms with Gasteiger partial charge in [-0.15, -0.1) is 0 Å². The minimum atomic E-state index is -0.670. The number of methoxy groups -OCH3 is 1. The third kappa shape index (κ3) is 10.5. The molecular weight excluding hydrogens is 733 g/mol. The number of ether oxygens (including phenoxy) is 9. The van der Waals surface area contributed by atoms with E-state index in [1.54, 1.807) is 7.11 Å². The van der Waals surface area contributed by atoms with E-state index in [9.17, 15) is 0 Å². The lowest BCUT2D eigenvalue weighted by Gasteiger charge is -2.49. The fourth-order valence-corrected chi connectivity index (χ4v) is 7.87. The molecule has 3 heterocycles. The molecular formula is C49H52O9. The fourth-order valence-electron chi connectivity index (χ4n) is 7.87. The monoisotopic (exact) mass is 784 g/mol. The summed E-state index contributed by atoms with van der Waals surface area (Å²) in [6, 6.07) is 50.6. The summed E-state index contributed by atoms with van der Waals surface area (Å²) in [7, 11) is 1.65. The predicted octanol–water partition coefficient (Wildman–Crippen LogP) is 8.73. The van der Waals surface area contributed by atoms with Crippen LogP contribution in [0.1, 0.15) is 40.5 Å². The highest BCUT2D eigenvalue weighted by Crippen LogP contribution is 2.42. The Bertz CT molecular complexity index is 1960. The highest BCUT2D eigenvalue weighted by molar-refractivity contribution is 5.20. The first-order valence-corrected chi connectivity index (χ1v) is 20.2. The lowest BCUT2D eigenvalue weighted by Crippen LogP contribution is -2.60. The molecule has 0 bridgehead atoms. The van der Waals surface area contributed by atoms with Crippen LogP contribution in [0.5, 0.6) is 0 Å². The van der Waals surface area contributed by atoms with Gasteiger partial charge in [0.15, 0.2) is 18.7 Å². The van der Waals surface area contributed by atoms with Crippen LogP contribution in [0, 0.1) is 5.92 Å². The molecule has 8 rings (SSSR count). The van der Waals surface area contributed by atoms with Gasteiger partial charge in [-0.05, 0) is 28.3 Å². The largest absolute Gasteiger partial charge is 0.490 e. The maximum atomic E-state index is 6.99. The molecule has 9 nitrogen and oxygen atoms in total. The molecule has 0 radical (unpaired) electrons. The van der Waals surface area contributed by atoms with Crippen molar-refractivity contribution in [2.45, 2.75) is 82.1 Å². The minimum Gasteiger partial charge on any atom is -0.490 e. The molecule has 5 aromatic rings. The van der Waals surface area contributed by atoms with E-state index in [0.29, 0.717) is 39.5 Å². The van der Waals surface area contributed by atoms with Gasteiger partial charge in [0.2, 0.25) is 0 Å². The number of hydrogen-bond donors (Lipinski definition) is 0. The summed E-state index contributed by atoms with van der Waals surface area (Å²) >= 11 is 0. The highest BCUT2D eigenvalue weighted by Gasteiger charge is 2.52. The Hall–Kier alpha value is -4.68. The van der Waals surface area contributed by atoms with Crippen LogP contribution in [0.25, 0.3) is 0 Å². The van der Waals surface area contributed by atoms with Crippen molar-refractivity contribution >= 4 is 0 Å². The average molecular weight is 785 g/mol. The van der Waals surface area contributed by atoms with Gasteiger partial charge in [-0.2, -0.15) is 0 Å². The lowest BCUT2D eigenvalue weighted by atomic mass is 9.84. The van der Waals surface area contributed by atoms with Gasteiger partial charge in [0.1, 0.15) is 24.4 Å². The van der Waals surface area contributed by atoms with Crippen molar-refractivity contribution in [2.75, 3.05) is 20.3 Å². The summed E-state index contributed by atoms with van der Waals surface area (Å²) in [5.41, 5.74) is 5.19. The van der Waals surface area contributed by atoms with Crippen LogP contribution in [0.15, 0.2) is 163 Å². The zero-order valence-electron chi connectivity index (χ0n) is 32.8. The Balaban J connectivity index is 1.11. The van der Waals surface area contributed by atoms with E-state index in [4.69, 9.17) is 42.6 Å². The molecule has 3 aliphatic rings. The third-order valence-electron chi connectivity index (χ3n) is 10.8. The summed E-state index contributed by atoms with van der Waals surface area (Å²) in [5.74, 6) is 0.488. The van der Waals surface area contributed by atoms with E-state index < -0.39 is 49.2 Å². The summed E-state index contributed by atoms with van der Waals surface area (Å²) in [6.45, 7) is 2.21. The smallest absolute Gasteiger partial charge is 0.184 e. The molecule has 2 fully saturated rings. The number of benzene rings is 5. The van der Waals surface area contributed by atoms with Crippen LogP contribution < -0.4 is 0 Å². The molecule has 302 valence electrons. The van der Waals surface area contributed by atoms with Gasteiger partial charge in [-0.1, -0.05) is 152 Å². The molecule has 58 heavy (non-hydrogen) atoms. The predicted molar refractivity (Wildman–Crippen MR) is 218 cm³/mol. The second-order valence-corrected chi connectivity index (χ2v) is 14.9. The van der Waals surface area contributed by atoms with Crippen molar-refractivity contribution in [3.8, 4) is 0 Å². The summed E-state index contributed by atoms with van der Waals surface area (Å²) in [5, 5.41) is 0. The molecule has 2 saturated heterocycles. The molecule has 0 spiro atoms. The standard InChI is InChI=1S/C49H52O9/c1-50-49-46(53-31-37-21-11-4-12-22-37)41(45-44(57-49)34-55-48(58-45)39-25-15-6-16-26-39)27-40-28-42(52-30-36-19-9-3-10-20-36)47(54-32-38-23-13-5-14-24-38)43(56-40)33-51-29-35-17-7-2-8-18-35/h2-26,28,41-49H,27,29-34H2,1H3/t41-,42-,43-,44-,45+,46-,47+,48?,49+/m1/s1. The maximum Gasteiger partial charge on any atom is 0.184 e. The molecule has 9 heteroatoms. The van der Waals surface area contributed by atoms with Crippen LogP contribution in [-0.2, 0) is 69.1 Å². The number of fused-ring (bicyclic) bond motifs is 1. The number of hydrogen-bond acceptors (Lipinski definition) is 9. The van der Waals surface area contributed by atoms with Crippen LogP contribution >= 0.6 is 0 Å². The Morgan fingerprint density at radius 3 is 1.66 bits per heavy atom. The van der Waals surface area contributed by atoms with Gasteiger partial charge in [0.25, 0.3) is 0 Å². The minimum absolute atomic E-state index is 0.253. The second kappa shape index (κ2) is 20.3. The maximum absolute atomic E-state index is 6.99. The Labute approximate surface area is 341 Å². The van der Waals surface area contributed by atoms with Gasteiger partial charge in [-0.25, -0.2) is 0 Å². The summed E-state index contributed by atoms with van der Waals surface area (Å²) < 4.78 is 59.3. The molecule has 0 aromatic heterocycles. The normalized spacial score (nSPS) is 26.9. The van der Waals surface area contributed by atoms with E-state index >= 15 is 0 Å². The topological polar surface area (TPSA) is 83.1 Å². The van der Waals surface area contributed by atoms with Crippen molar-refractivity contribution in [2.24, 2.45) is 5.92 Å². The van der Waals surface area contributed by atoms with Crippen LogP contribution in [0.2, 0.25) is 0 Å². The lowest BCUT2D eigenvalue weighted by molar-refractivity contribution is -0.356. The molecule has 0 aliphatic carbocycles. The summed E-state index contributed by atoms with van der Waals surface area (Å²) in [6.07, 6.45) is -1.43. The molecule has 3 aliphatic heterocycles. The van der Waals surface area contributed by atoms with Crippen molar-refractivity contribution in [1.29, 1.82) is 0 Å². The van der Waals surface area contributed by atoms with Crippen LogP contribution in [0.4, 0.5) is 0 Å². The Kier molecular flexibility index (Phi) is 14.1. The van der Waals surface area contributed by atoms with Gasteiger partial charge in [0, 0.05) is 25.0 Å². The van der Waals surface area contributed by atoms with E-state index in [1.165, 1.54) is 0 Å². The van der Waals surface area contributed by atoms with Crippen LogP contribution in [0.3, 0.4) is 0 Å². The van der Waals surface area contributed by atoms with E-state index in [0.717, 1.165) is 33.6 Å². The zero-order chi connectivity index (χ0) is 39.4. The SMILES string of the molecule is CO[C@H]1O[C@@H]2COC(c3ccccc3)O[C@H]2[C@@H](CC2=C[C@@H](OCc3ccccc3)[C@H](OCc3ccccc3)[C@@H](COCc3ccccc3)O2)[C@H]1OCc1ccccc1. The van der Waals surface area contributed by atoms with Gasteiger partial charge in [0.05, 0.1) is 51.5 Å². The average Bonchev–Trinajstić information content (AvgIpc) is 3.29. The number of allylic oxidation sites excluding steroid dienone is 1. The first-order chi connectivity index (χ1) is 28.7. The molecule has 5 aromatic carbocycles. The van der Waals surface area contributed by atoms with E-state index in [2.05, 4.69) is 54.6 Å². The van der Waals surface area contributed by atoms with E-state index in [1.807, 2.05) is 103 Å². The van der Waals surface area contributed by atoms with Crippen molar-refractivity contribution in [3.63, 3.8) is 0 Å². The quantitative estimate of drug-likeness (QED) is 0.0920. The second-order valence-electron chi connectivity index (χ2n) is 14.9. The van der Waals surface area contributed by atoms with Crippen molar-refractivity contribution in [1.82, 2.24) is 0 Å². The zero-order valence-corrected chi connectivity index (χ0v) is 32.8. The van der Waals surface area contributed by atoms with Gasteiger partial charge in [-0.3, -0.25) is 0 Å². The third-order valence-corrected chi connectivity index (χ3v) is 10.8. The molecule has 0 N–H and O–H groups in total. The van der Waals surface area contributed by atoms with Crippen molar-refractivity contribution in [3.05, 3.63) is 191 Å². The van der Waals surface area contributed by atoms with E-state index in [-0.39, 0.29) is 12.5 Å². The highest BCUT2D eigenvalue weighted by atomic mass is 16.8. The van der Waals surface area contributed by atoms with Crippen molar-refractivity contribution < 1.29 is 42.6 Å². The molecule has 9 atom stereocenters. The van der Waals surface area contributed by atoms with Gasteiger partial charge >= 0.3 is 0 Å². The molecule has 0 saturated carbocycles. The van der Waals surface area contributed by atoms with Crippen LogP contribution in [-0.4, -0.2) is 63.2 Å². The first-order valence-electron chi connectivity index (χ1n) is 20.2. The Morgan fingerprint density at radius 2 is 1.09 bits per heavy atom. The first kappa shape index (κ1) is 40.1. The Morgan fingerprint density at radius 1 is 0.569 bits per heavy atom.